The lowest BCUT2D eigenvalue weighted by Gasteiger charge is -2.42. The second-order valence-electron chi connectivity index (χ2n) is 9.26. The van der Waals surface area contributed by atoms with E-state index in [2.05, 4.69) is 31.4 Å². The fourth-order valence-corrected chi connectivity index (χ4v) is 4.89. The van der Waals surface area contributed by atoms with E-state index in [-0.39, 0.29) is 54.4 Å². The molecule has 3 aliphatic rings. The lowest BCUT2D eigenvalue weighted by Crippen LogP contribution is -2.56. The topological polar surface area (TPSA) is 128 Å². The van der Waals surface area contributed by atoms with Crippen molar-refractivity contribution in [3.63, 3.8) is 0 Å². The van der Waals surface area contributed by atoms with Crippen LogP contribution >= 0.6 is 0 Å². The van der Waals surface area contributed by atoms with Gasteiger partial charge in [-0.25, -0.2) is 4.79 Å². The van der Waals surface area contributed by atoms with Crippen molar-refractivity contribution in [1.29, 1.82) is 0 Å². The van der Waals surface area contributed by atoms with Crippen molar-refractivity contribution >= 4 is 12.0 Å². The highest BCUT2D eigenvalue weighted by atomic mass is 16.6. The minimum Gasteiger partial charge on any atom is -0.443 e. The van der Waals surface area contributed by atoms with Gasteiger partial charge in [0.1, 0.15) is 23.4 Å². The van der Waals surface area contributed by atoms with Crippen molar-refractivity contribution in [2.45, 2.75) is 76.0 Å². The molecule has 1 saturated carbocycles. The van der Waals surface area contributed by atoms with Gasteiger partial charge in [-0.15, -0.1) is 0 Å². The van der Waals surface area contributed by atoms with Gasteiger partial charge in [-0.3, -0.25) is 4.79 Å². The van der Waals surface area contributed by atoms with E-state index in [9.17, 15) is 9.59 Å². The molecule has 0 aromatic heterocycles. The molecule has 9 heteroatoms. The fourth-order valence-electron chi connectivity index (χ4n) is 4.89. The summed E-state index contributed by atoms with van der Waals surface area (Å²) >= 11 is 0. The molecular weight excluding hydrogens is 390 g/mol. The Bertz CT molecular complexity index is 626. The van der Waals surface area contributed by atoms with Gasteiger partial charge in [-0.05, 0) is 38.5 Å². The summed E-state index contributed by atoms with van der Waals surface area (Å²) in [6.07, 6.45) is 2.62. The molecule has 0 radical (unpaired) electrons. The molecule has 30 heavy (non-hydrogen) atoms. The second-order valence-corrected chi connectivity index (χ2v) is 9.26. The lowest BCUT2D eigenvalue weighted by atomic mass is 9.68. The van der Waals surface area contributed by atoms with Crippen molar-refractivity contribution in [2.75, 3.05) is 33.4 Å². The van der Waals surface area contributed by atoms with Crippen LogP contribution < -0.4 is 16.4 Å². The first kappa shape index (κ1) is 23.2. The summed E-state index contributed by atoms with van der Waals surface area (Å²) in [5.41, 5.74) is 4.68. The van der Waals surface area contributed by atoms with Crippen LogP contribution in [0.5, 0.6) is 0 Å². The van der Waals surface area contributed by atoms with E-state index in [1.54, 1.807) is 7.11 Å². The van der Waals surface area contributed by atoms with Gasteiger partial charge in [0.2, 0.25) is 5.91 Å². The van der Waals surface area contributed by atoms with Gasteiger partial charge >= 0.3 is 6.09 Å². The van der Waals surface area contributed by atoms with E-state index in [1.165, 1.54) is 0 Å². The Morgan fingerprint density at radius 1 is 1.27 bits per heavy atom. The summed E-state index contributed by atoms with van der Waals surface area (Å²) in [4.78, 5) is 23.4. The molecule has 6 atom stereocenters. The highest BCUT2D eigenvalue weighted by molar-refractivity contribution is 5.77. The number of amides is 2. The number of epoxide rings is 2. The molecule has 2 heterocycles. The molecule has 3 rings (SSSR count). The molecule has 4 N–H and O–H groups in total. The quantitative estimate of drug-likeness (QED) is 0.350. The summed E-state index contributed by atoms with van der Waals surface area (Å²) in [6, 6.07) is 0. The Morgan fingerprint density at radius 3 is 2.57 bits per heavy atom. The van der Waals surface area contributed by atoms with Crippen molar-refractivity contribution in [3.05, 3.63) is 0 Å². The van der Waals surface area contributed by atoms with E-state index in [0.29, 0.717) is 25.5 Å². The van der Waals surface area contributed by atoms with Crippen LogP contribution in [0.1, 0.15) is 46.5 Å². The van der Waals surface area contributed by atoms with E-state index >= 15 is 0 Å². The average Bonchev–Trinajstić information content (AvgIpc) is 3.62. The Hall–Kier alpha value is -1.42. The highest BCUT2D eigenvalue weighted by Crippen LogP contribution is 2.59. The van der Waals surface area contributed by atoms with E-state index < -0.39 is 6.09 Å². The third-order valence-electron chi connectivity index (χ3n) is 6.66. The van der Waals surface area contributed by atoms with Gasteiger partial charge in [0, 0.05) is 20.2 Å². The van der Waals surface area contributed by atoms with Crippen LogP contribution in [0.15, 0.2) is 0 Å². The van der Waals surface area contributed by atoms with Crippen LogP contribution in [0.3, 0.4) is 0 Å². The number of nitrogens with one attached hydrogen (secondary N) is 2. The molecule has 0 aromatic carbocycles. The molecule has 3 fully saturated rings. The molecule has 9 nitrogen and oxygen atoms in total. The van der Waals surface area contributed by atoms with Gasteiger partial charge in [-0.1, -0.05) is 13.8 Å². The number of alkyl carbamates (subject to hydrolysis) is 1. The standard InChI is InChI=1S/C21H37N3O6/c1-13(2)5-6-15-20(3,30-15)18-17(27-4)14(7-8-21(18)12-28-21)29-19(26)24-10-9-23-16(25)11-22/h13-15,17-18H,5-12,22H2,1-4H3,(H,23,25)(H,24,26)/t14?,15-,17?,18?,20?,21+/m1/s1. The Labute approximate surface area is 178 Å². The van der Waals surface area contributed by atoms with Crippen molar-refractivity contribution in [2.24, 2.45) is 17.6 Å². The number of hydrogen-bond donors (Lipinski definition) is 3. The molecule has 2 saturated heterocycles. The maximum atomic E-state index is 12.3. The van der Waals surface area contributed by atoms with Crippen LogP contribution in [0.2, 0.25) is 0 Å². The normalized spacial score (nSPS) is 37.1. The Kier molecular flexibility index (Phi) is 7.27. The molecule has 2 aliphatic heterocycles. The first-order valence-corrected chi connectivity index (χ1v) is 11.0. The zero-order valence-corrected chi connectivity index (χ0v) is 18.6. The lowest BCUT2D eigenvalue weighted by molar-refractivity contribution is -0.119. The average molecular weight is 428 g/mol. The Balaban J connectivity index is 1.57. The van der Waals surface area contributed by atoms with Gasteiger partial charge in [0.15, 0.2) is 0 Å². The second kappa shape index (κ2) is 9.38. The first-order chi connectivity index (χ1) is 14.3. The minimum absolute atomic E-state index is 0.0163. The first-order valence-electron chi connectivity index (χ1n) is 11.0. The smallest absolute Gasteiger partial charge is 0.407 e. The molecular formula is C21H37N3O6. The van der Waals surface area contributed by atoms with Gasteiger partial charge in [-0.2, -0.15) is 0 Å². The summed E-state index contributed by atoms with van der Waals surface area (Å²) in [6.45, 7) is 7.76. The van der Waals surface area contributed by atoms with Crippen LogP contribution in [-0.4, -0.2) is 74.9 Å². The minimum atomic E-state index is -0.520. The predicted octanol–water partition coefficient (Wildman–Crippen LogP) is 0.944. The van der Waals surface area contributed by atoms with E-state index in [0.717, 1.165) is 19.3 Å². The molecule has 1 aliphatic carbocycles. The molecule has 1 spiro atoms. The summed E-state index contributed by atoms with van der Waals surface area (Å²) in [5, 5.41) is 5.26. The molecule has 0 aromatic rings. The largest absolute Gasteiger partial charge is 0.443 e. The van der Waals surface area contributed by atoms with Gasteiger partial charge < -0.3 is 35.3 Å². The van der Waals surface area contributed by atoms with Crippen molar-refractivity contribution in [3.8, 4) is 0 Å². The number of rotatable bonds is 10. The fraction of sp³-hybridized carbons (Fsp3) is 0.905. The van der Waals surface area contributed by atoms with Gasteiger partial charge in [0.05, 0.1) is 25.2 Å². The SMILES string of the molecule is COC1C(OC(=O)NCCNC(=O)CN)CC[C@]2(CO2)C1C1(C)O[C@@H]1CCC(C)C. The number of carbonyl (C=O) groups is 2. The molecule has 172 valence electrons. The summed E-state index contributed by atoms with van der Waals surface area (Å²) in [7, 11) is 1.66. The number of carbonyl (C=O) groups excluding carboxylic acids is 2. The summed E-state index contributed by atoms with van der Waals surface area (Å²) < 4.78 is 23.7. The van der Waals surface area contributed by atoms with E-state index in [1.807, 2.05) is 0 Å². The third-order valence-corrected chi connectivity index (χ3v) is 6.66. The van der Waals surface area contributed by atoms with Crippen LogP contribution in [0, 0.1) is 11.8 Å². The zero-order chi connectivity index (χ0) is 21.9. The third kappa shape index (κ3) is 5.07. The molecule has 2 amide bonds. The van der Waals surface area contributed by atoms with Crippen LogP contribution in [0.25, 0.3) is 0 Å². The summed E-state index contributed by atoms with van der Waals surface area (Å²) in [5.74, 6) is 0.380. The predicted molar refractivity (Wildman–Crippen MR) is 110 cm³/mol. The highest BCUT2D eigenvalue weighted by Gasteiger charge is 2.72. The number of nitrogens with two attached hydrogens (primary N) is 1. The zero-order valence-electron chi connectivity index (χ0n) is 18.6. The number of hydrogen-bond acceptors (Lipinski definition) is 7. The van der Waals surface area contributed by atoms with E-state index in [4.69, 9.17) is 24.7 Å². The van der Waals surface area contributed by atoms with Gasteiger partial charge in [0.25, 0.3) is 0 Å². The van der Waals surface area contributed by atoms with Crippen molar-refractivity contribution in [1.82, 2.24) is 10.6 Å². The molecule has 4 unspecified atom stereocenters. The van der Waals surface area contributed by atoms with Crippen LogP contribution in [-0.2, 0) is 23.7 Å². The Morgan fingerprint density at radius 2 is 1.97 bits per heavy atom. The maximum Gasteiger partial charge on any atom is 0.407 e. The molecule has 0 bridgehead atoms. The maximum absolute atomic E-state index is 12.3. The monoisotopic (exact) mass is 427 g/mol. The van der Waals surface area contributed by atoms with Crippen LogP contribution in [0.4, 0.5) is 4.79 Å². The van der Waals surface area contributed by atoms with Crippen molar-refractivity contribution < 1.29 is 28.5 Å². The number of ether oxygens (including phenoxy) is 4. The number of methoxy groups -OCH3 is 1.